The maximum atomic E-state index is 11.3. The summed E-state index contributed by atoms with van der Waals surface area (Å²) in [5.74, 6) is 0.523. The molecule has 3 heteroatoms. The Bertz CT molecular complexity index is 393. The molecular formula is C15H20O3. The van der Waals surface area contributed by atoms with Crippen molar-refractivity contribution < 1.29 is 14.6 Å². The molecule has 0 amide bonds. The van der Waals surface area contributed by atoms with Crippen LogP contribution in [0.1, 0.15) is 31.2 Å². The minimum absolute atomic E-state index is 0.247. The fourth-order valence-electron chi connectivity index (χ4n) is 2.45. The topological polar surface area (TPSA) is 46.5 Å². The Kier molecular flexibility index (Phi) is 4.24. The Morgan fingerprint density at radius 2 is 2.06 bits per heavy atom. The lowest BCUT2D eigenvalue weighted by atomic mass is 9.77. The zero-order valence-electron chi connectivity index (χ0n) is 10.8. The summed E-state index contributed by atoms with van der Waals surface area (Å²) in [5, 5.41) is 9.28. The largest absolute Gasteiger partial charge is 0.497 e. The van der Waals surface area contributed by atoms with Gasteiger partial charge in [0.2, 0.25) is 0 Å². The van der Waals surface area contributed by atoms with Crippen molar-refractivity contribution in [1.29, 1.82) is 0 Å². The smallest absolute Gasteiger partial charge is 0.306 e. The molecule has 0 radical (unpaired) electrons. The van der Waals surface area contributed by atoms with Crippen LogP contribution in [-0.4, -0.2) is 18.2 Å². The van der Waals surface area contributed by atoms with E-state index in [4.69, 9.17) is 4.74 Å². The number of hydrogen-bond donors (Lipinski definition) is 1. The summed E-state index contributed by atoms with van der Waals surface area (Å²) in [6.07, 6.45) is 5.11. The molecule has 0 heterocycles. The number of carboxylic acids is 1. The van der Waals surface area contributed by atoms with E-state index >= 15 is 0 Å². The first-order valence-electron chi connectivity index (χ1n) is 6.54. The van der Waals surface area contributed by atoms with E-state index < -0.39 is 5.97 Å². The van der Waals surface area contributed by atoms with E-state index in [1.807, 2.05) is 24.3 Å². The summed E-state index contributed by atoms with van der Waals surface area (Å²) in [7, 11) is 1.63. The van der Waals surface area contributed by atoms with E-state index in [1.54, 1.807) is 7.11 Å². The molecule has 1 aromatic rings. The zero-order valence-corrected chi connectivity index (χ0v) is 10.8. The van der Waals surface area contributed by atoms with Gasteiger partial charge in [0.15, 0.2) is 0 Å². The Labute approximate surface area is 108 Å². The lowest BCUT2D eigenvalue weighted by Crippen LogP contribution is -2.23. The van der Waals surface area contributed by atoms with Crippen LogP contribution in [0.15, 0.2) is 24.3 Å². The van der Waals surface area contributed by atoms with Crippen molar-refractivity contribution in [2.75, 3.05) is 7.11 Å². The summed E-state index contributed by atoms with van der Waals surface area (Å²) in [5.41, 5.74) is 1.07. The highest BCUT2D eigenvalue weighted by Gasteiger charge is 2.26. The molecule has 1 unspecified atom stereocenters. The number of carboxylic acid groups (broad SMARTS) is 1. The molecule has 3 nitrogen and oxygen atoms in total. The predicted molar refractivity (Wildman–Crippen MR) is 69.8 cm³/mol. The SMILES string of the molecule is COc1ccc(CC(CC2CCC2)C(=O)O)cc1. The van der Waals surface area contributed by atoms with E-state index in [0.717, 1.165) is 17.7 Å². The molecule has 0 saturated heterocycles. The molecule has 0 bridgehead atoms. The van der Waals surface area contributed by atoms with Crippen LogP contribution in [0.3, 0.4) is 0 Å². The summed E-state index contributed by atoms with van der Waals surface area (Å²) in [4.78, 5) is 11.3. The predicted octanol–water partition coefficient (Wildman–Crippen LogP) is 3.13. The van der Waals surface area contributed by atoms with Crippen molar-refractivity contribution in [3.63, 3.8) is 0 Å². The Balaban J connectivity index is 1.95. The van der Waals surface area contributed by atoms with Crippen molar-refractivity contribution in [2.45, 2.75) is 32.1 Å². The molecule has 0 aromatic heterocycles. The third-order valence-corrected chi connectivity index (χ3v) is 3.83. The molecule has 1 atom stereocenters. The average Bonchev–Trinajstić information content (AvgIpc) is 2.32. The maximum absolute atomic E-state index is 11.3. The fraction of sp³-hybridized carbons (Fsp3) is 0.533. The normalized spacial score (nSPS) is 16.9. The lowest BCUT2D eigenvalue weighted by molar-refractivity contribution is -0.142. The molecule has 0 spiro atoms. The first kappa shape index (κ1) is 12.9. The Hall–Kier alpha value is -1.51. The minimum Gasteiger partial charge on any atom is -0.497 e. The second kappa shape index (κ2) is 5.89. The molecule has 1 aromatic carbocycles. The third kappa shape index (κ3) is 3.25. The van der Waals surface area contributed by atoms with Crippen LogP contribution in [0, 0.1) is 11.8 Å². The van der Waals surface area contributed by atoms with Crippen molar-refractivity contribution >= 4 is 5.97 Å². The van der Waals surface area contributed by atoms with Crippen LogP contribution in [0.5, 0.6) is 5.75 Å². The molecule has 98 valence electrons. The standard InChI is InChI=1S/C15H20O3/c1-18-14-7-5-12(6-8-14)10-13(15(16)17)9-11-3-2-4-11/h5-8,11,13H,2-4,9-10H2,1H3,(H,16,17). The highest BCUT2D eigenvalue weighted by molar-refractivity contribution is 5.70. The number of carbonyl (C=O) groups is 1. The highest BCUT2D eigenvalue weighted by Crippen LogP contribution is 2.33. The summed E-state index contributed by atoms with van der Waals surface area (Å²) in [6, 6.07) is 7.68. The Morgan fingerprint density at radius 3 is 2.50 bits per heavy atom. The fourth-order valence-corrected chi connectivity index (χ4v) is 2.45. The van der Waals surface area contributed by atoms with Crippen LogP contribution in [-0.2, 0) is 11.2 Å². The van der Waals surface area contributed by atoms with Gasteiger partial charge < -0.3 is 9.84 Å². The molecule has 1 fully saturated rings. The second-order valence-corrected chi connectivity index (χ2v) is 5.12. The number of benzene rings is 1. The Morgan fingerprint density at radius 1 is 1.39 bits per heavy atom. The van der Waals surface area contributed by atoms with Gasteiger partial charge in [-0.05, 0) is 36.5 Å². The number of rotatable bonds is 6. The van der Waals surface area contributed by atoms with Gasteiger partial charge in [0.25, 0.3) is 0 Å². The van der Waals surface area contributed by atoms with E-state index in [-0.39, 0.29) is 5.92 Å². The first-order chi connectivity index (χ1) is 8.69. The minimum atomic E-state index is -0.669. The highest BCUT2D eigenvalue weighted by atomic mass is 16.5. The van der Waals surface area contributed by atoms with Gasteiger partial charge >= 0.3 is 5.97 Å². The summed E-state index contributed by atoms with van der Waals surface area (Å²) < 4.78 is 5.10. The summed E-state index contributed by atoms with van der Waals surface area (Å²) >= 11 is 0. The van der Waals surface area contributed by atoms with Crippen LogP contribution in [0.2, 0.25) is 0 Å². The molecule has 1 saturated carbocycles. The second-order valence-electron chi connectivity index (χ2n) is 5.12. The molecular weight excluding hydrogens is 228 g/mol. The number of aliphatic carboxylic acids is 1. The maximum Gasteiger partial charge on any atom is 0.306 e. The van der Waals surface area contributed by atoms with Gasteiger partial charge in [-0.2, -0.15) is 0 Å². The van der Waals surface area contributed by atoms with E-state index in [1.165, 1.54) is 19.3 Å². The lowest BCUT2D eigenvalue weighted by Gasteiger charge is -2.28. The number of hydrogen-bond acceptors (Lipinski definition) is 2. The summed E-state index contributed by atoms with van der Waals surface area (Å²) in [6.45, 7) is 0. The van der Waals surface area contributed by atoms with Crippen LogP contribution in [0.25, 0.3) is 0 Å². The molecule has 1 N–H and O–H groups in total. The average molecular weight is 248 g/mol. The molecule has 1 aliphatic carbocycles. The van der Waals surface area contributed by atoms with Crippen molar-refractivity contribution in [3.05, 3.63) is 29.8 Å². The monoisotopic (exact) mass is 248 g/mol. The van der Waals surface area contributed by atoms with Crippen molar-refractivity contribution in [3.8, 4) is 5.75 Å². The van der Waals surface area contributed by atoms with Gasteiger partial charge in [0.1, 0.15) is 5.75 Å². The van der Waals surface area contributed by atoms with E-state index in [2.05, 4.69) is 0 Å². The van der Waals surface area contributed by atoms with Gasteiger partial charge in [0, 0.05) is 0 Å². The molecule has 0 aliphatic heterocycles. The van der Waals surface area contributed by atoms with Gasteiger partial charge in [-0.1, -0.05) is 31.4 Å². The van der Waals surface area contributed by atoms with Gasteiger partial charge in [-0.3, -0.25) is 4.79 Å². The van der Waals surface area contributed by atoms with Crippen LogP contribution < -0.4 is 4.74 Å². The van der Waals surface area contributed by atoms with Gasteiger partial charge in [0.05, 0.1) is 13.0 Å². The number of methoxy groups -OCH3 is 1. The van der Waals surface area contributed by atoms with Gasteiger partial charge in [-0.25, -0.2) is 0 Å². The molecule has 2 rings (SSSR count). The van der Waals surface area contributed by atoms with Crippen molar-refractivity contribution in [2.24, 2.45) is 11.8 Å². The van der Waals surface area contributed by atoms with Gasteiger partial charge in [-0.15, -0.1) is 0 Å². The zero-order chi connectivity index (χ0) is 13.0. The van der Waals surface area contributed by atoms with Crippen LogP contribution >= 0.6 is 0 Å². The van der Waals surface area contributed by atoms with E-state index in [0.29, 0.717) is 12.3 Å². The number of ether oxygens (including phenoxy) is 1. The van der Waals surface area contributed by atoms with Crippen molar-refractivity contribution in [1.82, 2.24) is 0 Å². The molecule has 18 heavy (non-hydrogen) atoms. The quantitative estimate of drug-likeness (QED) is 0.841. The molecule has 1 aliphatic rings. The van der Waals surface area contributed by atoms with E-state index in [9.17, 15) is 9.90 Å². The van der Waals surface area contributed by atoms with Crippen LogP contribution in [0.4, 0.5) is 0 Å². The first-order valence-corrected chi connectivity index (χ1v) is 6.54. The third-order valence-electron chi connectivity index (χ3n) is 3.83.